The summed E-state index contributed by atoms with van der Waals surface area (Å²) in [5, 5.41) is 39.9. The van der Waals surface area contributed by atoms with Gasteiger partial charge in [-0.05, 0) is 167 Å². The second kappa shape index (κ2) is 40.4. The number of halogens is 1. The summed E-state index contributed by atoms with van der Waals surface area (Å²) in [7, 11) is 0. The molecule has 0 heterocycles. The minimum atomic E-state index is -1.54. The second-order valence-corrected chi connectivity index (χ2v) is 29.3. The Labute approximate surface area is 623 Å². The first kappa shape index (κ1) is 83.2. The molecule has 1 fully saturated rings. The Balaban J connectivity index is 1.10. The van der Waals surface area contributed by atoms with E-state index in [-0.39, 0.29) is 95.5 Å². The fourth-order valence-electron chi connectivity index (χ4n) is 12.5. The zero-order chi connectivity index (χ0) is 77.2. The van der Waals surface area contributed by atoms with Gasteiger partial charge < -0.3 is 71.9 Å². The number of carboxylic acid groups (broad SMARTS) is 1. The Morgan fingerprint density at radius 1 is 0.481 bits per heavy atom. The first-order valence-corrected chi connectivity index (χ1v) is 36.8. The molecule has 0 unspecified atom stereocenters. The van der Waals surface area contributed by atoms with Crippen LogP contribution < -0.4 is 47.9 Å². The summed E-state index contributed by atoms with van der Waals surface area (Å²) in [4.78, 5) is 167. The molecule has 6 aromatic carbocycles. The maximum atomic E-state index is 14.9. The molecule has 0 saturated heterocycles. The molecule has 1 aliphatic carbocycles. The summed E-state index contributed by atoms with van der Waals surface area (Å²) < 4.78 is 22.0. The molecule has 0 aromatic heterocycles. The van der Waals surface area contributed by atoms with Crippen LogP contribution in [0.15, 0.2) is 109 Å². The van der Waals surface area contributed by atoms with Gasteiger partial charge in [-0.2, -0.15) is 0 Å². The number of nitrogens with one attached hydrogen (secondary N) is 9. The molecule has 0 spiro atoms. The van der Waals surface area contributed by atoms with E-state index in [4.69, 9.17) is 30.5 Å². The molecule has 1 aliphatic rings. The Hall–Kier alpha value is -10.1. The van der Waals surface area contributed by atoms with E-state index in [0.717, 1.165) is 51.6 Å². The predicted molar refractivity (Wildman–Crippen MR) is 400 cm³/mol. The zero-order valence-corrected chi connectivity index (χ0v) is 62.6. The topological polar surface area (TPSA) is 370 Å². The van der Waals surface area contributed by atoms with Crippen molar-refractivity contribution in [3.63, 3.8) is 0 Å². The molecule has 572 valence electrons. The van der Waals surface area contributed by atoms with Gasteiger partial charge in [0.25, 0.3) is 0 Å². The number of ether oxygens (including phenoxy) is 4. The van der Waals surface area contributed by atoms with Crippen LogP contribution >= 0.6 is 11.6 Å². The molecule has 27 heteroatoms. The molecular formula is C79H102ClN9O17. The molecule has 0 aliphatic heterocycles. The number of esters is 2. The van der Waals surface area contributed by atoms with E-state index in [1.807, 2.05) is 54.6 Å². The van der Waals surface area contributed by atoms with E-state index in [1.54, 1.807) is 103 Å². The van der Waals surface area contributed by atoms with E-state index in [1.165, 1.54) is 13.8 Å². The van der Waals surface area contributed by atoms with Crippen LogP contribution in [0.5, 0.6) is 0 Å². The minimum absolute atomic E-state index is 0.00203. The molecule has 1 saturated carbocycles. The maximum Gasteiger partial charge on any atom is 0.408 e. The Morgan fingerprint density at radius 2 is 1.00 bits per heavy atom. The summed E-state index contributed by atoms with van der Waals surface area (Å²) in [6.45, 7) is 14.7. The average molecular weight is 1490 g/mol. The van der Waals surface area contributed by atoms with Crippen molar-refractivity contribution < 1.29 is 81.6 Å². The van der Waals surface area contributed by atoms with Crippen molar-refractivity contribution in [3.05, 3.63) is 131 Å². The SMILES string of the molecule is CC(C)C[C@H](NC(=O)[C@H](CCC(=O)OC1CCCCC1)NC(=O)[C@H](C)NC(=O)[C@H](Cc1ccc2ccc3cccc4ccc1c2c34)NC(=O)[C@H](C)NC(=O)OC(C)(C)C)C(=O)N[C@@H](CC(C)C)C(=O)N[C@@H](CCCCNC(=O)OCc1ccccc1Cl)C(=O)N[C@@H](CCC(=O)O)C(=O)OCc1ccccc1. The third kappa shape index (κ3) is 26.5. The van der Waals surface area contributed by atoms with Crippen molar-refractivity contribution in [2.45, 2.75) is 232 Å². The van der Waals surface area contributed by atoms with Gasteiger partial charge in [0.2, 0.25) is 41.4 Å². The van der Waals surface area contributed by atoms with Gasteiger partial charge in [0.1, 0.15) is 73.3 Å². The van der Waals surface area contributed by atoms with Crippen LogP contribution in [0.3, 0.4) is 0 Å². The number of benzene rings is 6. The molecule has 106 heavy (non-hydrogen) atoms. The Kier molecular flexibility index (Phi) is 31.7. The van der Waals surface area contributed by atoms with Crippen LogP contribution in [0.2, 0.25) is 5.02 Å². The molecule has 0 radical (unpaired) electrons. The number of hydrogen-bond donors (Lipinski definition) is 10. The summed E-state index contributed by atoms with van der Waals surface area (Å²) in [6.07, 6.45) is 0.710. The minimum Gasteiger partial charge on any atom is -0.481 e. The third-order valence-electron chi connectivity index (χ3n) is 18.0. The van der Waals surface area contributed by atoms with Crippen molar-refractivity contribution in [2.75, 3.05) is 6.54 Å². The van der Waals surface area contributed by atoms with Crippen molar-refractivity contribution in [1.82, 2.24) is 47.9 Å². The lowest BCUT2D eigenvalue weighted by Crippen LogP contribution is -2.60. The molecule has 10 N–H and O–H groups in total. The highest BCUT2D eigenvalue weighted by molar-refractivity contribution is 6.31. The Bertz CT molecular complexity index is 4010. The van der Waals surface area contributed by atoms with Gasteiger partial charge in [-0.1, -0.05) is 149 Å². The lowest BCUT2D eigenvalue weighted by atomic mass is 9.90. The fourth-order valence-corrected chi connectivity index (χ4v) is 12.7. The standard InChI is InChI=1S/C79H102ClN9O17/c1-46(2)41-62(74(98)85-59(29-18-19-40-81-77(101)104-45-55-23-16-17-28-58(55)80)71(95)86-61(36-38-65(90)91)76(100)103-44-50-21-12-10-13-22-50)89-75(99)63(42-47(3)4)88-72(96)60(37-39-66(92)105-56-26-14-11-15-27-56)84-69(93)48(5)82-73(97)64(87-70(94)49(6)83-78(102)106-79(7,8)9)43-54-33-32-53-31-30-51-24-20-25-52-34-35-57(54)68(53)67(51)52/h10,12-13,16-17,20-25,28,30-35,46-49,56,59-64H,11,14-15,18-19,26-27,29,36-45H2,1-9H3,(H,81,101)(H,82,97)(H,83,102)(H,84,93)(H,85,98)(H,86,95)(H,87,94)(H,88,96)(H,89,99)(H,90,91)/t48-,49-,59-,60-,61-,62-,63-,64-/m0/s1. The number of amides is 9. The third-order valence-corrected chi connectivity index (χ3v) is 18.3. The summed E-state index contributed by atoms with van der Waals surface area (Å²) in [6, 6.07) is 22.1. The van der Waals surface area contributed by atoms with Gasteiger partial charge in [-0.25, -0.2) is 14.4 Å². The van der Waals surface area contributed by atoms with Crippen LogP contribution in [0.1, 0.15) is 169 Å². The van der Waals surface area contributed by atoms with Crippen molar-refractivity contribution in [1.29, 1.82) is 0 Å². The molecule has 0 bridgehead atoms. The van der Waals surface area contributed by atoms with E-state index >= 15 is 0 Å². The van der Waals surface area contributed by atoms with E-state index in [9.17, 15) is 62.6 Å². The number of carbonyl (C=O) groups is 12. The molecule has 6 aromatic rings. The van der Waals surface area contributed by atoms with Crippen LogP contribution in [0.25, 0.3) is 32.3 Å². The van der Waals surface area contributed by atoms with Crippen molar-refractivity contribution in [2.24, 2.45) is 11.8 Å². The number of hydrogen-bond acceptors (Lipinski definition) is 16. The number of carboxylic acids is 1. The largest absolute Gasteiger partial charge is 0.481 e. The van der Waals surface area contributed by atoms with E-state index in [0.29, 0.717) is 34.6 Å². The van der Waals surface area contributed by atoms with Crippen LogP contribution in [0.4, 0.5) is 9.59 Å². The van der Waals surface area contributed by atoms with Crippen molar-refractivity contribution in [3.8, 4) is 0 Å². The summed E-state index contributed by atoms with van der Waals surface area (Å²) in [5.74, 6) is -9.29. The number of unbranched alkanes of at least 4 members (excludes halogenated alkanes) is 1. The predicted octanol–water partition coefficient (Wildman–Crippen LogP) is 9.56. The lowest BCUT2D eigenvalue weighted by Gasteiger charge is -2.29. The molecule has 7 rings (SSSR count). The average Bonchev–Trinajstić information content (AvgIpc) is 0.741. The van der Waals surface area contributed by atoms with E-state index < -0.39 is 132 Å². The van der Waals surface area contributed by atoms with E-state index in [2.05, 4.69) is 47.9 Å². The Morgan fingerprint density at radius 3 is 1.61 bits per heavy atom. The highest BCUT2D eigenvalue weighted by Gasteiger charge is 2.36. The summed E-state index contributed by atoms with van der Waals surface area (Å²) >= 11 is 6.23. The quantitative estimate of drug-likeness (QED) is 0.00746. The van der Waals surface area contributed by atoms with Crippen LogP contribution in [0, 0.1) is 11.8 Å². The van der Waals surface area contributed by atoms with Gasteiger partial charge in [0, 0.05) is 36.4 Å². The zero-order valence-electron chi connectivity index (χ0n) is 61.8. The first-order chi connectivity index (χ1) is 50.4. The molecule has 9 amide bonds. The number of carbonyl (C=O) groups excluding carboxylic acids is 11. The number of aliphatic carboxylic acids is 1. The van der Waals surface area contributed by atoms with Gasteiger partial charge >= 0.3 is 30.1 Å². The normalized spacial score (nSPS) is 14.8. The van der Waals surface area contributed by atoms with Crippen molar-refractivity contribution >= 4 is 115 Å². The van der Waals surface area contributed by atoms with Crippen LogP contribution in [-0.4, -0.2) is 143 Å². The number of alkyl carbamates (subject to hydrolysis) is 2. The van der Waals surface area contributed by atoms with Gasteiger partial charge in [-0.3, -0.25) is 43.2 Å². The first-order valence-electron chi connectivity index (χ1n) is 36.4. The monoisotopic (exact) mass is 1480 g/mol. The summed E-state index contributed by atoms with van der Waals surface area (Å²) in [5.41, 5.74) is 0.998. The maximum absolute atomic E-state index is 14.9. The van der Waals surface area contributed by atoms with Gasteiger partial charge in [0.15, 0.2) is 0 Å². The number of rotatable bonds is 38. The van der Waals surface area contributed by atoms with Gasteiger partial charge in [0.05, 0.1) is 0 Å². The fraction of sp³-hybridized carbons (Fsp3) is 0.494. The molecular weight excluding hydrogens is 1380 g/mol. The second-order valence-electron chi connectivity index (χ2n) is 28.9. The van der Waals surface area contributed by atoms with Crippen LogP contribution in [-0.2, 0) is 86.5 Å². The molecule has 26 nitrogen and oxygen atoms in total. The lowest BCUT2D eigenvalue weighted by molar-refractivity contribution is -0.151. The van der Waals surface area contributed by atoms with Gasteiger partial charge in [-0.15, -0.1) is 0 Å². The smallest absolute Gasteiger partial charge is 0.408 e. The highest BCUT2D eigenvalue weighted by atomic mass is 35.5. The highest BCUT2D eigenvalue weighted by Crippen LogP contribution is 2.36. The molecule has 8 atom stereocenters.